The molecule has 2 aromatic carbocycles. The summed E-state index contributed by atoms with van der Waals surface area (Å²) in [6.45, 7) is 3.55. The van der Waals surface area contributed by atoms with Gasteiger partial charge in [0.05, 0.1) is 10.2 Å². The third-order valence-corrected chi connectivity index (χ3v) is 5.67. The fourth-order valence-corrected chi connectivity index (χ4v) is 4.27. The van der Waals surface area contributed by atoms with Crippen LogP contribution in [0.2, 0.25) is 0 Å². The average Bonchev–Trinajstić information content (AvgIpc) is 3.27. The highest BCUT2D eigenvalue weighted by Crippen LogP contribution is 2.31. The fraction of sp³-hybridized carbons (Fsp3) is 0.273. The largest absolute Gasteiger partial charge is 0.451 e. The van der Waals surface area contributed by atoms with Gasteiger partial charge in [0.2, 0.25) is 0 Å². The van der Waals surface area contributed by atoms with E-state index in [9.17, 15) is 4.79 Å². The molecule has 5 nitrogen and oxygen atoms in total. The normalized spacial score (nSPS) is 11.6. The number of carbonyl (C=O) groups is 1. The summed E-state index contributed by atoms with van der Waals surface area (Å²) in [4.78, 5) is 21.9. The van der Waals surface area contributed by atoms with Crippen molar-refractivity contribution in [1.82, 2.24) is 9.88 Å². The smallest absolute Gasteiger partial charge is 0.295 e. The maximum Gasteiger partial charge on any atom is 0.295 e. The number of nitrogens with zero attached hydrogens (tertiary/aromatic N) is 3. The van der Waals surface area contributed by atoms with Crippen LogP contribution in [-0.4, -0.2) is 43.0 Å². The lowest BCUT2D eigenvalue weighted by atomic mass is 10.2. The second kappa shape index (κ2) is 7.73. The predicted octanol–water partition coefficient (Wildman–Crippen LogP) is 4.95. The Morgan fingerprint density at radius 2 is 1.93 bits per heavy atom. The summed E-state index contributed by atoms with van der Waals surface area (Å²) in [5.41, 5.74) is 2.82. The van der Waals surface area contributed by atoms with E-state index >= 15 is 0 Å². The van der Waals surface area contributed by atoms with Gasteiger partial charge in [0.15, 0.2) is 10.9 Å². The van der Waals surface area contributed by atoms with E-state index in [1.165, 1.54) is 5.56 Å². The zero-order valence-corrected chi connectivity index (χ0v) is 17.1. The molecule has 4 rings (SSSR count). The van der Waals surface area contributed by atoms with Gasteiger partial charge in [-0.3, -0.25) is 9.69 Å². The Kier molecular flexibility index (Phi) is 5.15. The lowest BCUT2D eigenvalue weighted by molar-refractivity contribution is 0.0961. The first-order chi connectivity index (χ1) is 13.5. The van der Waals surface area contributed by atoms with Crippen LogP contribution >= 0.6 is 11.3 Å². The molecule has 0 aliphatic carbocycles. The van der Waals surface area contributed by atoms with Gasteiger partial charge >= 0.3 is 0 Å². The molecule has 2 heterocycles. The summed E-state index contributed by atoms with van der Waals surface area (Å²) in [7, 11) is 4.07. The van der Waals surface area contributed by atoms with Gasteiger partial charge in [0.25, 0.3) is 5.91 Å². The van der Waals surface area contributed by atoms with Crippen LogP contribution in [0.3, 0.4) is 0 Å². The average molecular weight is 394 g/mol. The summed E-state index contributed by atoms with van der Waals surface area (Å²) in [6.07, 6.45) is 0.855. The second-order valence-electron chi connectivity index (χ2n) is 7.23. The molecule has 144 valence electrons. The van der Waals surface area contributed by atoms with E-state index in [0.717, 1.165) is 34.2 Å². The van der Waals surface area contributed by atoms with Crippen LogP contribution in [0.5, 0.6) is 0 Å². The number of rotatable bonds is 6. The number of anilines is 1. The highest BCUT2D eigenvalue weighted by Gasteiger charge is 2.24. The lowest BCUT2D eigenvalue weighted by Gasteiger charge is -2.19. The standard InChI is InChI=1S/C22H23N3O2S/c1-15-9-10-17-20(13-15)28-22(23-17)25(12-6-11-24(2)3)21(26)19-14-16-7-4-5-8-18(16)27-19/h4-5,7-10,13-14H,6,11-12H2,1-3H3. The molecular formula is C22H23N3O2S. The number of hydrogen-bond donors (Lipinski definition) is 0. The van der Waals surface area contributed by atoms with Crippen molar-refractivity contribution >= 4 is 43.6 Å². The molecule has 0 N–H and O–H groups in total. The second-order valence-corrected chi connectivity index (χ2v) is 8.24. The predicted molar refractivity (Wildman–Crippen MR) is 115 cm³/mol. The Hall–Kier alpha value is -2.70. The minimum Gasteiger partial charge on any atom is -0.451 e. The number of aryl methyl sites for hydroxylation is 1. The van der Waals surface area contributed by atoms with Crippen LogP contribution in [0.4, 0.5) is 5.13 Å². The van der Waals surface area contributed by atoms with Crippen LogP contribution in [0.25, 0.3) is 21.2 Å². The number of aromatic nitrogens is 1. The van der Waals surface area contributed by atoms with Crippen LogP contribution in [0.15, 0.2) is 52.9 Å². The van der Waals surface area contributed by atoms with Crippen molar-refractivity contribution in [2.75, 3.05) is 32.1 Å². The molecular weight excluding hydrogens is 370 g/mol. The molecule has 4 aromatic rings. The van der Waals surface area contributed by atoms with E-state index in [4.69, 9.17) is 9.40 Å². The third kappa shape index (κ3) is 3.79. The number of carbonyl (C=O) groups excluding carboxylic acids is 1. The first kappa shape index (κ1) is 18.7. The van der Waals surface area contributed by atoms with Gasteiger partial charge in [-0.1, -0.05) is 35.6 Å². The number of furan rings is 1. The van der Waals surface area contributed by atoms with Gasteiger partial charge < -0.3 is 9.32 Å². The lowest BCUT2D eigenvalue weighted by Crippen LogP contribution is -2.33. The fourth-order valence-electron chi connectivity index (χ4n) is 3.18. The summed E-state index contributed by atoms with van der Waals surface area (Å²) >= 11 is 1.55. The molecule has 0 bridgehead atoms. The van der Waals surface area contributed by atoms with Gasteiger partial charge in [-0.25, -0.2) is 4.98 Å². The van der Waals surface area contributed by atoms with E-state index in [1.54, 1.807) is 16.2 Å². The van der Waals surface area contributed by atoms with Crippen molar-refractivity contribution in [3.63, 3.8) is 0 Å². The molecule has 2 aromatic heterocycles. The van der Waals surface area contributed by atoms with Crippen molar-refractivity contribution in [3.05, 3.63) is 59.9 Å². The van der Waals surface area contributed by atoms with Gasteiger partial charge in [-0.05, 0) is 63.8 Å². The van der Waals surface area contributed by atoms with Gasteiger partial charge in [0.1, 0.15) is 5.58 Å². The van der Waals surface area contributed by atoms with Crippen LogP contribution in [0.1, 0.15) is 22.5 Å². The number of hydrogen-bond acceptors (Lipinski definition) is 5. The van der Waals surface area contributed by atoms with Crippen molar-refractivity contribution in [2.24, 2.45) is 0 Å². The molecule has 0 fully saturated rings. The van der Waals surface area contributed by atoms with Gasteiger partial charge in [-0.2, -0.15) is 0 Å². The number of fused-ring (bicyclic) bond motifs is 2. The first-order valence-electron chi connectivity index (χ1n) is 9.33. The van der Waals surface area contributed by atoms with E-state index in [2.05, 4.69) is 17.9 Å². The highest BCUT2D eigenvalue weighted by atomic mass is 32.1. The zero-order chi connectivity index (χ0) is 19.7. The first-order valence-corrected chi connectivity index (χ1v) is 10.2. The van der Waals surface area contributed by atoms with E-state index < -0.39 is 0 Å². The maximum atomic E-state index is 13.3. The van der Waals surface area contributed by atoms with Crippen molar-refractivity contribution in [2.45, 2.75) is 13.3 Å². The van der Waals surface area contributed by atoms with E-state index in [0.29, 0.717) is 17.4 Å². The summed E-state index contributed by atoms with van der Waals surface area (Å²) in [5.74, 6) is 0.201. The molecule has 0 unspecified atom stereocenters. The van der Waals surface area contributed by atoms with Gasteiger partial charge in [-0.15, -0.1) is 0 Å². The number of benzene rings is 2. The Morgan fingerprint density at radius 3 is 2.71 bits per heavy atom. The van der Waals surface area contributed by atoms with E-state index in [-0.39, 0.29) is 5.91 Å². The van der Waals surface area contributed by atoms with Crippen molar-refractivity contribution < 1.29 is 9.21 Å². The molecule has 0 atom stereocenters. The Morgan fingerprint density at radius 1 is 1.11 bits per heavy atom. The molecule has 0 aliphatic rings. The summed E-state index contributed by atoms with van der Waals surface area (Å²) < 4.78 is 6.92. The molecule has 0 radical (unpaired) electrons. The molecule has 6 heteroatoms. The van der Waals surface area contributed by atoms with Crippen LogP contribution < -0.4 is 4.90 Å². The number of thiazole rings is 1. The molecule has 1 amide bonds. The van der Waals surface area contributed by atoms with Gasteiger partial charge in [0, 0.05) is 11.9 Å². The monoisotopic (exact) mass is 393 g/mol. The third-order valence-electron chi connectivity index (χ3n) is 4.63. The summed E-state index contributed by atoms with van der Waals surface area (Å²) in [6, 6.07) is 15.7. The Labute approximate surface area is 168 Å². The molecule has 28 heavy (non-hydrogen) atoms. The SMILES string of the molecule is Cc1ccc2nc(N(CCCN(C)C)C(=O)c3cc4ccccc4o3)sc2c1. The highest BCUT2D eigenvalue weighted by molar-refractivity contribution is 7.22. The minimum absolute atomic E-state index is 0.147. The quantitative estimate of drug-likeness (QED) is 0.465. The van der Waals surface area contributed by atoms with E-state index in [1.807, 2.05) is 56.6 Å². The molecule has 0 spiro atoms. The Bertz CT molecular complexity index is 1100. The van der Waals surface area contributed by atoms with Crippen molar-refractivity contribution in [3.8, 4) is 0 Å². The zero-order valence-electron chi connectivity index (χ0n) is 16.3. The topological polar surface area (TPSA) is 49.6 Å². The van der Waals surface area contributed by atoms with Crippen LogP contribution in [0, 0.1) is 6.92 Å². The van der Waals surface area contributed by atoms with Crippen molar-refractivity contribution in [1.29, 1.82) is 0 Å². The molecule has 0 saturated carbocycles. The summed E-state index contributed by atoms with van der Waals surface area (Å²) in [5, 5.41) is 1.64. The number of amides is 1. The molecule has 0 saturated heterocycles. The maximum absolute atomic E-state index is 13.3. The Balaban J connectivity index is 1.69. The van der Waals surface area contributed by atoms with Crippen LogP contribution in [-0.2, 0) is 0 Å². The minimum atomic E-state index is -0.147. The number of para-hydroxylation sites is 1. The molecule has 0 aliphatic heterocycles.